The number of hydrogen-bond acceptors (Lipinski definition) is 11. The third-order valence-electron chi connectivity index (χ3n) is 9.70. The van der Waals surface area contributed by atoms with Crippen LogP contribution in [0.3, 0.4) is 0 Å². The van der Waals surface area contributed by atoms with Crippen LogP contribution in [0.5, 0.6) is 0 Å². The number of amides is 5. The number of nitrogens with one attached hydrogen (secondary N) is 6. The summed E-state index contributed by atoms with van der Waals surface area (Å²) >= 11 is 0. The van der Waals surface area contributed by atoms with Crippen LogP contribution in [0.15, 0.2) is 90.1 Å². The molecule has 0 bridgehead atoms. The fraction of sp³-hybridized carbons (Fsp3) is 0.571. The Morgan fingerprint density at radius 3 is 1.85 bits per heavy atom. The number of allylic oxidation sites excluding steroid dienone is 1. The van der Waals surface area contributed by atoms with E-state index in [-0.39, 0.29) is 75.3 Å². The van der Waals surface area contributed by atoms with Crippen molar-refractivity contribution in [2.45, 2.75) is 157 Å². The van der Waals surface area contributed by atoms with E-state index >= 15 is 0 Å². The van der Waals surface area contributed by atoms with Gasteiger partial charge in [0, 0.05) is 52.7 Å². The molecular formula is C56H94KN9O8. The quantitative estimate of drug-likeness (QED) is 0.0365. The van der Waals surface area contributed by atoms with Gasteiger partial charge in [-0.2, -0.15) is 0 Å². The zero-order valence-electron chi connectivity index (χ0n) is 48.1. The molecule has 4 atom stereocenters. The van der Waals surface area contributed by atoms with Gasteiger partial charge in [-0.05, 0) is 98.5 Å². The smallest absolute Gasteiger partial charge is 0.650 e. The molecule has 6 N–H and O–H groups in total. The summed E-state index contributed by atoms with van der Waals surface area (Å²) in [4.78, 5) is 64.8. The van der Waals surface area contributed by atoms with Gasteiger partial charge in [0.2, 0.25) is 18.2 Å². The van der Waals surface area contributed by atoms with E-state index in [2.05, 4.69) is 104 Å². The molecular weight excluding hydrogens is 966 g/mol. The first-order chi connectivity index (χ1) is 34.6. The van der Waals surface area contributed by atoms with Crippen molar-refractivity contribution >= 4 is 36.6 Å². The van der Waals surface area contributed by atoms with Crippen LogP contribution in [0.25, 0.3) is 5.32 Å². The maximum absolute atomic E-state index is 12.8. The van der Waals surface area contributed by atoms with Crippen LogP contribution in [0.4, 0.5) is 9.59 Å². The third-order valence-corrected chi connectivity index (χ3v) is 9.70. The molecule has 1 saturated heterocycles. The van der Waals surface area contributed by atoms with E-state index in [4.69, 9.17) is 9.47 Å². The van der Waals surface area contributed by atoms with Crippen molar-refractivity contribution in [1.29, 1.82) is 0 Å². The first-order valence-electron chi connectivity index (χ1n) is 25.1. The van der Waals surface area contributed by atoms with Gasteiger partial charge in [-0.15, -0.1) is 26.0 Å². The van der Waals surface area contributed by atoms with Gasteiger partial charge in [-0.25, -0.2) is 14.6 Å². The number of benzene rings is 2. The van der Waals surface area contributed by atoms with Gasteiger partial charge in [-0.3, -0.25) is 19.7 Å². The van der Waals surface area contributed by atoms with E-state index in [9.17, 15) is 24.0 Å². The minimum Gasteiger partial charge on any atom is -0.650 e. The average Bonchev–Trinajstić information content (AvgIpc) is 3.80. The second kappa shape index (κ2) is 45.8. The van der Waals surface area contributed by atoms with E-state index in [0.29, 0.717) is 25.9 Å². The van der Waals surface area contributed by atoms with E-state index in [0.717, 1.165) is 56.3 Å². The second-order valence-corrected chi connectivity index (χ2v) is 18.2. The van der Waals surface area contributed by atoms with Gasteiger partial charge in [-0.1, -0.05) is 120 Å². The summed E-state index contributed by atoms with van der Waals surface area (Å²) in [5.74, 6) is -0.404. The van der Waals surface area contributed by atoms with Gasteiger partial charge >= 0.3 is 63.6 Å². The van der Waals surface area contributed by atoms with Crippen LogP contribution < -0.4 is 83.3 Å². The molecule has 4 rings (SSSR count). The molecule has 4 unspecified atom stereocenters. The summed E-state index contributed by atoms with van der Waals surface area (Å²) < 4.78 is 14.6. The van der Waals surface area contributed by atoms with Crippen LogP contribution in [-0.4, -0.2) is 131 Å². The van der Waals surface area contributed by atoms with Crippen LogP contribution >= 0.6 is 0 Å². The molecule has 0 spiro atoms. The molecule has 18 heteroatoms. The fourth-order valence-electron chi connectivity index (χ4n) is 6.15. The Balaban J connectivity index is -0.000000479. The Morgan fingerprint density at radius 1 is 0.905 bits per heavy atom. The predicted molar refractivity (Wildman–Crippen MR) is 299 cm³/mol. The SMILES string of the molecule is C#C.C=CC1(NC)CCN(C=O)C1.CC.CC1=CNC(NC(=O)OC(C)(C)C)N=C1.CCCCC([N-]CCNC(=O)C(Cc1ccccc1)NC(=O)OC(C)(C)C)C(=O)NCC.CCc1ccccc1.COC.[K+]. The molecule has 2 aromatic carbocycles. The van der Waals surface area contributed by atoms with Gasteiger partial charge < -0.3 is 51.0 Å². The fourth-order valence-corrected chi connectivity index (χ4v) is 6.15. The summed E-state index contributed by atoms with van der Waals surface area (Å²) in [5, 5.41) is 21.4. The molecule has 2 aromatic rings. The number of ether oxygens (including phenoxy) is 3. The molecule has 74 heavy (non-hydrogen) atoms. The summed E-state index contributed by atoms with van der Waals surface area (Å²) in [7, 11) is 5.15. The van der Waals surface area contributed by atoms with Crippen molar-refractivity contribution in [2.75, 3.05) is 54.0 Å². The van der Waals surface area contributed by atoms with Gasteiger partial charge in [0.1, 0.15) is 17.2 Å². The van der Waals surface area contributed by atoms with Crippen molar-refractivity contribution in [3.63, 3.8) is 0 Å². The monoisotopic (exact) mass is 1060 g/mol. The molecule has 17 nitrogen and oxygen atoms in total. The first kappa shape index (κ1) is 75.9. The molecule has 0 radical (unpaired) electrons. The summed E-state index contributed by atoms with van der Waals surface area (Å²) in [5.41, 5.74) is 2.15. The van der Waals surface area contributed by atoms with Crippen LogP contribution in [0.1, 0.15) is 120 Å². The topological polar surface area (TPSA) is 215 Å². The number of methoxy groups -OCH3 is 1. The second-order valence-electron chi connectivity index (χ2n) is 18.2. The normalized spacial score (nSPS) is 15.6. The summed E-state index contributed by atoms with van der Waals surface area (Å²) in [6, 6.07) is 18.7. The van der Waals surface area contributed by atoms with Gasteiger partial charge in [0.15, 0.2) is 6.29 Å². The Hall–Kier alpha value is -4.58. The molecule has 412 valence electrons. The standard InChI is InChI=1S/C24H39N4O4.C10H17N3O2.C8H14N2O.C8H10.C2H6O.C2H6.C2H2.K/c1-6-8-14-19(21(29)25-7-2)26-15-16-27-22(30)20(17-18-12-10-9-11-13-18)28-23(31)32-24(3,4)5;1-7-5-11-8(12-6-7)13-9(14)15-10(2,3)4;1-3-8(9-2)4-5-10(6-8)7-11;1-2-8-6-4-3-5-7-8;1-3-2;2*1-2;/h9-13,19-20H,6-8,14-17H2,1-5H3,(H,25,29)(H,27,30)(H,28,31);5-6,8,11H,1-4H3,(H,13,14);3,7,9H,1,4-6H2,2H3;3-7H,2H2,1H3;1-2H3;1-2H3;1-2H;/q-1;;;;;;;+1. The molecule has 0 aromatic heterocycles. The number of alkyl carbamates (subject to hydrolysis) is 2. The summed E-state index contributed by atoms with van der Waals surface area (Å²) in [6.45, 7) is 29.3. The van der Waals surface area contributed by atoms with Gasteiger partial charge in [0.05, 0.1) is 5.54 Å². The van der Waals surface area contributed by atoms with Crippen molar-refractivity contribution < 1.29 is 89.6 Å². The molecule has 2 heterocycles. The van der Waals surface area contributed by atoms with E-state index in [1.165, 1.54) is 5.56 Å². The Morgan fingerprint density at radius 2 is 1.45 bits per heavy atom. The van der Waals surface area contributed by atoms with E-state index < -0.39 is 41.8 Å². The largest absolute Gasteiger partial charge is 1.00 e. The van der Waals surface area contributed by atoms with Crippen LogP contribution in [0, 0.1) is 12.8 Å². The number of rotatable bonds is 18. The first-order valence-corrected chi connectivity index (χ1v) is 25.1. The minimum absolute atomic E-state index is 0. The van der Waals surface area contributed by atoms with E-state index in [1.54, 1.807) is 52.3 Å². The van der Waals surface area contributed by atoms with Crippen molar-refractivity contribution in [1.82, 2.24) is 36.8 Å². The zero-order valence-corrected chi connectivity index (χ0v) is 51.2. The Labute approximate surface area is 489 Å². The maximum Gasteiger partial charge on any atom is 1.00 e. The number of carbonyl (C=O) groups excluding carboxylic acids is 5. The number of terminal acetylenes is 1. The number of likely N-dealkylation sites (tertiary alicyclic amines) is 1. The zero-order chi connectivity index (χ0) is 56.3. The average molecular weight is 1060 g/mol. The number of likely N-dealkylation sites (N-methyl/N-ethyl adjacent to an activating group) is 2. The predicted octanol–water partition coefficient (Wildman–Crippen LogP) is 5.46. The van der Waals surface area contributed by atoms with Gasteiger partial charge in [0.25, 0.3) is 0 Å². The minimum atomic E-state index is -0.786. The third kappa shape index (κ3) is 39.8. The molecule has 1 fully saturated rings. The molecule has 2 aliphatic heterocycles. The molecule has 0 aliphatic carbocycles. The summed E-state index contributed by atoms with van der Waals surface area (Å²) in [6.07, 6.45) is 17.7. The van der Waals surface area contributed by atoms with Crippen molar-refractivity contribution in [3.05, 3.63) is 102 Å². The number of nitrogens with zero attached hydrogens (tertiary/aromatic N) is 3. The molecule has 0 saturated carbocycles. The van der Waals surface area contributed by atoms with E-state index in [1.807, 2.05) is 98.0 Å². The number of aryl methyl sites for hydroxylation is 1. The number of unbranched alkanes of at least 4 members (excludes halogenated alkanes) is 1. The van der Waals surface area contributed by atoms with Crippen molar-refractivity contribution in [3.8, 4) is 12.8 Å². The Bertz CT molecular complexity index is 1870. The van der Waals surface area contributed by atoms with Crippen LogP contribution in [-0.2, 0) is 41.4 Å². The molecule has 5 amide bonds. The Kier molecular flexibility index (Phi) is 47.0. The molecule has 2 aliphatic rings. The van der Waals surface area contributed by atoms with Crippen molar-refractivity contribution in [2.24, 2.45) is 4.99 Å². The van der Waals surface area contributed by atoms with Crippen LogP contribution in [0.2, 0.25) is 0 Å². The number of carbonyl (C=O) groups is 5. The number of aliphatic imine (C=N–C) groups is 1. The number of hydrogen-bond donors (Lipinski definition) is 6. The maximum atomic E-state index is 12.8.